The molecule has 1 heterocycles. The van der Waals surface area contributed by atoms with Crippen molar-refractivity contribution in [2.45, 2.75) is 0 Å². The van der Waals surface area contributed by atoms with Crippen LogP contribution in [-0.4, -0.2) is 25.3 Å². The summed E-state index contributed by atoms with van der Waals surface area (Å²) in [4.78, 5) is 13.6. The number of benzene rings is 1. The zero-order valence-electron chi connectivity index (χ0n) is 10.2. The Hall–Kier alpha value is -2.50. The molecule has 1 aromatic carbocycles. The molecule has 0 unspecified atom stereocenters. The fraction of sp³-hybridized carbons (Fsp3) is 0.167. The Morgan fingerprint density at radius 2 is 2.11 bits per heavy atom. The Kier molecular flexibility index (Phi) is 3.47. The lowest BCUT2D eigenvalue weighted by molar-refractivity contribution is 0.262. The minimum Gasteiger partial charge on any atom is -0.378 e. The van der Waals surface area contributed by atoms with E-state index in [2.05, 4.69) is 20.3 Å². The maximum Gasteiger partial charge on any atom is 0.324 e. The standard InChI is InChI=1S/C12H14N4O2/c1-16(2)10-5-3-4-9(8-10)13-12(17)14-11-6-7-18-15-11/h3-8H,1-2H3,(H2,13,14,15,17). The molecule has 2 rings (SSSR count). The van der Waals surface area contributed by atoms with Crippen molar-refractivity contribution in [3.63, 3.8) is 0 Å². The molecule has 18 heavy (non-hydrogen) atoms. The summed E-state index contributed by atoms with van der Waals surface area (Å²) in [5.74, 6) is 0.372. The largest absolute Gasteiger partial charge is 0.378 e. The molecule has 0 saturated heterocycles. The average Bonchev–Trinajstić information content (AvgIpc) is 2.82. The molecule has 0 spiro atoms. The molecular formula is C12H14N4O2. The average molecular weight is 246 g/mol. The third-order valence-electron chi connectivity index (χ3n) is 2.30. The van der Waals surface area contributed by atoms with Crippen LogP contribution in [0.2, 0.25) is 0 Å². The second-order valence-electron chi connectivity index (χ2n) is 3.91. The van der Waals surface area contributed by atoms with Crippen molar-refractivity contribution in [1.29, 1.82) is 0 Å². The van der Waals surface area contributed by atoms with Gasteiger partial charge in [-0.2, -0.15) is 0 Å². The summed E-state index contributed by atoms with van der Waals surface area (Å²) in [6, 6.07) is 8.73. The number of aromatic nitrogens is 1. The van der Waals surface area contributed by atoms with Gasteiger partial charge in [-0.3, -0.25) is 5.32 Å². The highest BCUT2D eigenvalue weighted by Crippen LogP contribution is 2.17. The molecule has 6 heteroatoms. The summed E-state index contributed by atoms with van der Waals surface area (Å²) >= 11 is 0. The zero-order valence-corrected chi connectivity index (χ0v) is 10.2. The van der Waals surface area contributed by atoms with Gasteiger partial charge in [0.05, 0.1) is 0 Å². The van der Waals surface area contributed by atoms with E-state index in [1.807, 2.05) is 43.3 Å². The predicted octanol–water partition coefficient (Wildman–Crippen LogP) is 2.38. The summed E-state index contributed by atoms with van der Waals surface area (Å²) < 4.78 is 4.62. The van der Waals surface area contributed by atoms with Crippen LogP contribution in [0.5, 0.6) is 0 Å². The first kappa shape index (κ1) is 12.0. The number of nitrogens with zero attached hydrogens (tertiary/aromatic N) is 2. The minimum atomic E-state index is -0.361. The lowest BCUT2D eigenvalue weighted by Crippen LogP contribution is -2.19. The van der Waals surface area contributed by atoms with Crippen molar-refractivity contribution in [2.75, 3.05) is 29.6 Å². The summed E-state index contributed by atoms with van der Waals surface area (Å²) in [6.45, 7) is 0. The summed E-state index contributed by atoms with van der Waals surface area (Å²) in [5, 5.41) is 8.86. The highest BCUT2D eigenvalue weighted by Gasteiger charge is 2.05. The van der Waals surface area contributed by atoms with E-state index in [0.29, 0.717) is 11.5 Å². The first-order valence-corrected chi connectivity index (χ1v) is 5.41. The van der Waals surface area contributed by atoms with Crippen molar-refractivity contribution in [2.24, 2.45) is 0 Å². The van der Waals surface area contributed by atoms with Crippen molar-refractivity contribution in [3.05, 3.63) is 36.6 Å². The Bertz CT molecular complexity index is 523. The van der Waals surface area contributed by atoms with E-state index in [9.17, 15) is 4.79 Å². The molecule has 0 fully saturated rings. The Balaban J connectivity index is 2.00. The van der Waals surface area contributed by atoms with Gasteiger partial charge in [-0.1, -0.05) is 11.2 Å². The molecule has 2 N–H and O–H groups in total. The van der Waals surface area contributed by atoms with Gasteiger partial charge < -0.3 is 14.7 Å². The molecule has 0 atom stereocenters. The molecule has 0 saturated carbocycles. The number of rotatable bonds is 3. The molecule has 0 aliphatic carbocycles. The number of anilines is 3. The summed E-state index contributed by atoms with van der Waals surface area (Å²) in [5.41, 5.74) is 1.72. The normalized spacial score (nSPS) is 9.89. The van der Waals surface area contributed by atoms with Gasteiger partial charge in [0.15, 0.2) is 5.82 Å². The molecular weight excluding hydrogens is 232 g/mol. The maximum atomic E-state index is 11.6. The van der Waals surface area contributed by atoms with Crippen LogP contribution in [0.3, 0.4) is 0 Å². The number of carbonyl (C=O) groups excluding carboxylic acids is 1. The molecule has 0 aliphatic heterocycles. The van der Waals surface area contributed by atoms with E-state index < -0.39 is 0 Å². The highest BCUT2D eigenvalue weighted by atomic mass is 16.5. The van der Waals surface area contributed by atoms with Crippen LogP contribution in [0.15, 0.2) is 41.1 Å². The van der Waals surface area contributed by atoms with Crippen molar-refractivity contribution < 1.29 is 9.32 Å². The lowest BCUT2D eigenvalue weighted by Gasteiger charge is -2.13. The minimum absolute atomic E-state index is 0.361. The molecule has 0 aliphatic rings. The van der Waals surface area contributed by atoms with Crippen LogP contribution in [0, 0.1) is 0 Å². The number of urea groups is 1. The molecule has 1 aromatic heterocycles. The van der Waals surface area contributed by atoms with E-state index in [0.717, 1.165) is 5.69 Å². The fourth-order valence-electron chi connectivity index (χ4n) is 1.42. The van der Waals surface area contributed by atoms with Gasteiger partial charge in [0, 0.05) is 31.5 Å². The zero-order chi connectivity index (χ0) is 13.0. The van der Waals surface area contributed by atoms with E-state index in [1.165, 1.54) is 6.26 Å². The summed E-state index contributed by atoms with van der Waals surface area (Å²) in [6.07, 6.45) is 1.39. The second kappa shape index (κ2) is 5.22. The quantitative estimate of drug-likeness (QED) is 0.872. The van der Waals surface area contributed by atoms with E-state index in [-0.39, 0.29) is 6.03 Å². The number of amides is 2. The number of hydrogen-bond acceptors (Lipinski definition) is 4. The van der Waals surface area contributed by atoms with Crippen LogP contribution < -0.4 is 15.5 Å². The van der Waals surface area contributed by atoms with Crippen LogP contribution in [0.1, 0.15) is 0 Å². The predicted molar refractivity (Wildman–Crippen MR) is 69.9 cm³/mol. The maximum absolute atomic E-state index is 11.6. The van der Waals surface area contributed by atoms with Gasteiger partial charge in [-0.05, 0) is 18.2 Å². The van der Waals surface area contributed by atoms with Crippen molar-refractivity contribution in [3.8, 4) is 0 Å². The molecule has 6 nitrogen and oxygen atoms in total. The van der Waals surface area contributed by atoms with Gasteiger partial charge in [0.25, 0.3) is 0 Å². The van der Waals surface area contributed by atoms with Crippen molar-refractivity contribution >= 4 is 23.2 Å². The lowest BCUT2D eigenvalue weighted by atomic mass is 10.2. The number of nitrogens with one attached hydrogen (secondary N) is 2. The van der Waals surface area contributed by atoms with E-state index in [1.54, 1.807) is 6.07 Å². The smallest absolute Gasteiger partial charge is 0.324 e. The number of hydrogen-bond donors (Lipinski definition) is 2. The van der Waals surface area contributed by atoms with Gasteiger partial charge in [0.1, 0.15) is 6.26 Å². The second-order valence-corrected chi connectivity index (χ2v) is 3.91. The van der Waals surface area contributed by atoms with Gasteiger partial charge in [0.2, 0.25) is 0 Å². The van der Waals surface area contributed by atoms with Crippen LogP contribution in [0.4, 0.5) is 22.0 Å². The highest BCUT2D eigenvalue weighted by molar-refractivity contribution is 5.99. The molecule has 0 radical (unpaired) electrons. The first-order chi connectivity index (χ1) is 8.65. The molecule has 2 amide bonds. The SMILES string of the molecule is CN(C)c1cccc(NC(=O)Nc2ccon2)c1. The topological polar surface area (TPSA) is 70.4 Å². The summed E-state index contributed by atoms with van der Waals surface area (Å²) in [7, 11) is 3.88. The fourth-order valence-corrected chi connectivity index (χ4v) is 1.42. The molecule has 94 valence electrons. The third kappa shape index (κ3) is 3.00. The Morgan fingerprint density at radius 3 is 2.78 bits per heavy atom. The van der Waals surface area contributed by atoms with Crippen LogP contribution >= 0.6 is 0 Å². The molecule has 0 bridgehead atoms. The van der Waals surface area contributed by atoms with E-state index in [4.69, 9.17) is 0 Å². The van der Waals surface area contributed by atoms with Crippen LogP contribution in [-0.2, 0) is 0 Å². The van der Waals surface area contributed by atoms with Gasteiger partial charge >= 0.3 is 6.03 Å². The monoisotopic (exact) mass is 246 g/mol. The van der Waals surface area contributed by atoms with Gasteiger partial charge in [-0.15, -0.1) is 0 Å². The van der Waals surface area contributed by atoms with E-state index >= 15 is 0 Å². The van der Waals surface area contributed by atoms with Gasteiger partial charge in [-0.25, -0.2) is 4.79 Å². The van der Waals surface area contributed by atoms with Crippen molar-refractivity contribution in [1.82, 2.24) is 5.16 Å². The third-order valence-corrected chi connectivity index (χ3v) is 2.30. The first-order valence-electron chi connectivity index (χ1n) is 5.41. The molecule has 2 aromatic rings. The number of carbonyl (C=O) groups is 1. The Labute approximate surface area is 105 Å². The Morgan fingerprint density at radius 1 is 1.28 bits per heavy atom. The van der Waals surface area contributed by atoms with Crippen LogP contribution in [0.25, 0.3) is 0 Å².